The van der Waals surface area contributed by atoms with Gasteiger partial charge in [-0.1, -0.05) is 0 Å². The summed E-state index contributed by atoms with van der Waals surface area (Å²) >= 11 is 3.45. The fourth-order valence-electron chi connectivity index (χ4n) is 2.18. The van der Waals surface area contributed by atoms with E-state index in [1.807, 2.05) is 18.2 Å². The van der Waals surface area contributed by atoms with Crippen LogP contribution in [0.25, 0.3) is 5.65 Å². The van der Waals surface area contributed by atoms with E-state index in [-0.39, 0.29) is 6.10 Å². The molecule has 0 radical (unpaired) electrons. The maximum absolute atomic E-state index is 9.47. The van der Waals surface area contributed by atoms with Gasteiger partial charge >= 0.3 is 0 Å². The number of halogens is 1. The molecule has 0 fully saturated rings. The normalized spacial score (nSPS) is 12.5. The Labute approximate surface area is 142 Å². The van der Waals surface area contributed by atoms with Gasteiger partial charge in [-0.15, -0.1) is 0 Å². The Morgan fingerprint density at radius 3 is 2.87 bits per heavy atom. The van der Waals surface area contributed by atoms with Crippen LogP contribution in [-0.2, 0) is 13.0 Å². The molecule has 3 heterocycles. The topological polar surface area (TPSA) is 72.5 Å². The minimum atomic E-state index is -0.359. The molecule has 0 saturated heterocycles. The van der Waals surface area contributed by atoms with Crippen LogP contribution in [-0.4, -0.2) is 30.8 Å². The van der Waals surface area contributed by atoms with Gasteiger partial charge < -0.3 is 9.84 Å². The van der Waals surface area contributed by atoms with Crippen LogP contribution in [0.2, 0.25) is 0 Å². The maximum Gasteiger partial charge on any atom is 0.218 e. The predicted molar refractivity (Wildman–Crippen MR) is 89.3 cm³/mol. The molecular weight excluding hydrogens is 360 g/mol. The molecule has 0 aliphatic rings. The number of aliphatic hydroxyl groups is 1. The fraction of sp³-hybridized carbons (Fsp3) is 0.312. The van der Waals surface area contributed by atoms with Crippen molar-refractivity contribution < 1.29 is 9.84 Å². The van der Waals surface area contributed by atoms with Crippen molar-refractivity contribution >= 4 is 21.6 Å². The third-order valence-electron chi connectivity index (χ3n) is 3.40. The second-order valence-electron chi connectivity index (χ2n) is 5.35. The Morgan fingerprint density at radius 2 is 2.13 bits per heavy atom. The number of pyridine rings is 1. The average Bonchev–Trinajstić information content (AvgIpc) is 2.93. The van der Waals surface area contributed by atoms with Crippen molar-refractivity contribution in [2.75, 3.05) is 0 Å². The molecule has 0 saturated carbocycles. The summed E-state index contributed by atoms with van der Waals surface area (Å²) in [6, 6.07) is 5.69. The molecule has 1 atom stereocenters. The number of hydrogen-bond acceptors (Lipinski definition) is 5. The Bertz CT molecular complexity index is 789. The lowest BCUT2D eigenvalue weighted by atomic mass is 10.1. The second-order valence-corrected chi connectivity index (χ2v) is 6.20. The quantitative estimate of drug-likeness (QED) is 0.715. The van der Waals surface area contributed by atoms with Crippen molar-refractivity contribution in [1.82, 2.24) is 19.6 Å². The number of aromatic nitrogens is 4. The lowest BCUT2D eigenvalue weighted by molar-refractivity contribution is 0.184. The molecule has 3 rings (SSSR count). The number of ether oxygens (including phenoxy) is 1. The van der Waals surface area contributed by atoms with E-state index >= 15 is 0 Å². The summed E-state index contributed by atoms with van der Waals surface area (Å²) in [6.07, 6.45) is 6.14. The maximum atomic E-state index is 9.47. The van der Waals surface area contributed by atoms with Gasteiger partial charge in [-0.25, -0.2) is 4.98 Å². The molecule has 0 bridgehead atoms. The zero-order valence-electron chi connectivity index (χ0n) is 12.7. The summed E-state index contributed by atoms with van der Waals surface area (Å²) in [5.41, 5.74) is 2.60. The minimum Gasteiger partial charge on any atom is -0.473 e. The monoisotopic (exact) mass is 376 g/mol. The Morgan fingerprint density at radius 1 is 1.35 bits per heavy atom. The molecule has 0 spiro atoms. The largest absolute Gasteiger partial charge is 0.473 e. The Kier molecular flexibility index (Phi) is 4.88. The van der Waals surface area contributed by atoms with E-state index in [9.17, 15) is 5.11 Å². The van der Waals surface area contributed by atoms with Crippen LogP contribution < -0.4 is 4.74 Å². The van der Waals surface area contributed by atoms with Crippen LogP contribution in [0.5, 0.6) is 5.88 Å². The summed E-state index contributed by atoms with van der Waals surface area (Å²) in [7, 11) is 0. The summed E-state index contributed by atoms with van der Waals surface area (Å²) in [5.74, 6) is 0.623. The van der Waals surface area contributed by atoms with Crippen molar-refractivity contribution in [3.05, 3.63) is 52.5 Å². The van der Waals surface area contributed by atoms with Gasteiger partial charge in [0.1, 0.15) is 6.61 Å². The van der Waals surface area contributed by atoms with Gasteiger partial charge in [0.2, 0.25) is 5.88 Å². The molecule has 6 nitrogen and oxygen atoms in total. The number of nitrogens with zero attached hydrogens (tertiary/aromatic N) is 4. The van der Waals surface area contributed by atoms with Crippen LogP contribution in [0.3, 0.4) is 0 Å². The van der Waals surface area contributed by atoms with E-state index < -0.39 is 0 Å². The fourth-order valence-corrected chi connectivity index (χ4v) is 2.53. The average molecular weight is 377 g/mol. The molecule has 1 N–H and O–H groups in total. The van der Waals surface area contributed by atoms with Gasteiger partial charge in [-0.2, -0.15) is 9.61 Å². The highest BCUT2D eigenvalue weighted by atomic mass is 79.9. The van der Waals surface area contributed by atoms with E-state index in [1.165, 1.54) is 0 Å². The van der Waals surface area contributed by atoms with Crippen molar-refractivity contribution in [2.24, 2.45) is 0 Å². The van der Waals surface area contributed by atoms with E-state index in [0.29, 0.717) is 31.0 Å². The number of aryl methyl sites for hydroxylation is 1. The van der Waals surface area contributed by atoms with Crippen LogP contribution >= 0.6 is 15.9 Å². The second kappa shape index (κ2) is 7.06. The van der Waals surface area contributed by atoms with Crippen molar-refractivity contribution in [2.45, 2.75) is 32.5 Å². The summed E-state index contributed by atoms with van der Waals surface area (Å²) in [6.45, 7) is 2.20. The first-order valence-corrected chi connectivity index (χ1v) is 8.15. The first-order valence-electron chi connectivity index (χ1n) is 7.36. The van der Waals surface area contributed by atoms with E-state index in [2.05, 4.69) is 31.0 Å². The summed E-state index contributed by atoms with van der Waals surface area (Å²) in [4.78, 5) is 8.57. The number of aliphatic hydroxyl groups excluding tert-OH is 1. The van der Waals surface area contributed by atoms with Gasteiger partial charge in [-0.3, -0.25) is 4.98 Å². The zero-order valence-corrected chi connectivity index (χ0v) is 14.3. The minimum absolute atomic E-state index is 0.359. The molecule has 0 amide bonds. The third kappa shape index (κ3) is 3.86. The lowest BCUT2D eigenvalue weighted by Gasteiger charge is -2.10. The van der Waals surface area contributed by atoms with Crippen LogP contribution in [0.4, 0.5) is 0 Å². The van der Waals surface area contributed by atoms with Gasteiger partial charge in [0.05, 0.1) is 16.8 Å². The van der Waals surface area contributed by atoms with Gasteiger partial charge in [0.25, 0.3) is 0 Å². The first kappa shape index (κ1) is 15.9. The SMILES string of the molecule is CC(O)CCc1cc(OCc2ccncc2)n2ncc(Br)c2n1. The summed E-state index contributed by atoms with van der Waals surface area (Å²) in [5, 5.41) is 13.8. The molecule has 0 aliphatic carbocycles. The van der Waals surface area contributed by atoms with Gasteiger partial charge in [0.15, 0.2) is 5.65 Å². The lowest BCUT2D eigenvalue weighted by Crippen LogP contribution is -2.07. The van der Waals surface area contributed by atoms with Crippen molar-refractivity contribution in [3.8, 4) is 5.88 Å². The smallest absolute Gasteiger partial charge is 0.218 e. The Hall–Kier alpha value is -1.99. The van der Waals surface area contributed by atoms with Gasteiger partial charge in [-0.05, 0) is 53.4 Å². The molecule has 3 aromatic heterocycles. The zero-order chi connectivity index (χ0) is 16.2. The molecule has 0 aliphatic heterocycles. The molecule has 23 heavy (non-hydrogen) atoms. The molecule has 1 unspecified atom stereocenters. The number of rotatable bonds is 6. The molecular formula is C16H17BrN4O2. The van der Waals surface area contributed by atoms with Crippen molar-refractivity contribution in [1.29, 1.82) is 0 Å². The first-order chi connectivity index (χ1) is 11.1. The van der Waals surface area contributed by atoms with Crippen LogP contribution in [0.15, 0.2) is 41.3 Å². The van der Waals surface area contributed by atoms with E-state index in [0.717, 1.165) is 15.7 Å². The van der Waals surface area contributed by atoms with Crippen molar-refractivity contribution in [3.63, 3.8) is 0 Å². The highest BCUT2D eigenvalue weighted by molar-refractivity contribution is 9.10. The van der Waals surface area contributed by atoms with E-state index in [1.54, 1.807) is 30.0 Å². The Balaban J connectivity index is 1.87. The molecule has 3 aromatic rings. The number of fused-ring (bicyclic) bond motifs is 1. The number of hydrogen-bond donors (Lipinski definition) is 1. The highest BCUT2D eigenvalue weighted by Gasteiger charge is 2.12. The van der Waals surface area contributed by atoms with Crippen LogP contribution in [0.1, 0.15) is 24.6 Å². The molecule has 120 valence electrons. The standard InChI is InChI=1S/C16H17BrN4O2/c1-11(22)2-3-13-8-15(21-16(20-13)14(17)9-19-21)23-10-12-4-6-18-7-5-12/h4-9,11,22H,2-3,10H2,1H3. The molecule has 0 aromatic carbocycles. The van der Waals surface area contributed by atoms with Crippen LogP contribution in [0, 0.1) is 0 Å². The predicted octanol–water partition coefficient (Wildman–Crippen LogP) is 2.78. The summed E-state index contributed by atoms with van der Waals surface area (Å²) < 4.78 is 8.39. The third-order valence-corrected chi connectivity index (χ3v) is 3.96. The van der Waals surface area contributed by atoms with E-state index in [4.69, 9.17) is 4.74 Å². The molecule has 7 heteroatoms. The van der Waals surface area contributed by atoms with Gasteiger partial charge in [0, 0.05) is 24.2 Å². The highest BCUT2D eigenvalue weighted by Crippen LogP contribution is 2.23.